The predicted molar refractivity (Wildman–Crippen MR) is 139 cm³/mol. The number of aliphatic carboxylic acids is 2. The summed E-state index contributed by atoms with van der Waals surface area (Å²) in [6.45, 7) is -5.32. The average Bonchev–Trinajstić information content (AvgIpc) is 3.06. The number of carboxylic acid groups (broad SMARTS) is 2. The Bertz CT molecular complexity index is 1780. The highest BCUT2D eigenvalue weighted by atomic mass is 32.2. The summed E-state index contributed by atoms with van der Waals surface area (Å²) in [6.07, 6.45) is -12.2. The van der Waals surface area contributed by atoms with Crippen LogP contribution in [0.15, 0.2) is 0 Å². The molecular weight excluding hydrogens is 1010 g/mol. The predicted octanol–water partition coefficient (Wildman–Crippen LogP) is 7.48. The topological polar surface area (TPSA) is 115 Å². The van der Waals surface area contributed by atoms with E-state index in [-0.39, 0.29) is 0 Å². The molecule has 0 unspecified atom stereocenters. The minimum absolute atomic E-state index is 0.535. The van der Waals surface area contributed by atoms with Gasteiger partial charge in [-0.1, -0.05) is 0 Å². The lowest BCUT2D eigenvalue weighted by atomic mass is 9.84. The Kier molecular flexibility index (Phi) is 15.7. The van der Waals surface area contributed by atoms with E-state index in [1.165, 1.54) is 0 Å². The molecule has 0 saturated carbocycles. The number of nitrogens with zero attached hydrogens (tertiary/aromatic N) is 2. The zero-order valence-corrected chi connectivity index (χ0v) is 30.5. The second-order valence-corrected chi connectivity index (χ2v) is 15.3. The summed E-state index contributed by atoms with van der Waals surface area (Å²) in [4.78, 5) is 21.5. The molecule has 0 aliphatic carbocycles. The van der Waals surface area contributed by atoms with E-state index in [0.29, 0.717) is 0 Å². The van der Waals surface area contributed by atoms with Crippen molar-refractivity contribution in [1.29, 1.82) is 0 Å². The maximum atomic E-state index is 14.9. The van der Waals surface area contributed by atoms with Crippen LogP contribution in [0.5, 0.6) is 0 Å². The van der Waals surface area contributed by atoms with Crippen molar-refractivity contribution in [2.24, 2.45) is 0 Å². The first-order chi connectivity index (χ1) is 26.9. The van der Waals surface area contributed by atoms with Gasteiger partial charge in [0.25, 0.3) is 10.0 Å². The molecule has 0 spiro atoms. The standard InChI is InChI=1S/C25H21F29N2O6S/c1-56(2,9-5-11(59)60)8-3-6-55(7-4-10(57)58)63(61,62)25(53,54)23(48,49)21(44,45)19(40,41)17(36,37)15(32,33)13(28,29)12(26,27)14(30,31)16(34,35)18(38,39)20(42,43)22(46,47)24(50,51)52/h3-9H2,1-2H3,(H-,57,58,59,60). The molecule has 0 aliphatic rings. The molecule has 0 heterocycles. The van der Waals surface area contributed by atoms with Crippen LogP contribution < -0.4 is 5.11 Å². The van der Waals surface area contributed by atoms with Gasteiger partial charge in [0.2, 0.25) is 0 Å². The minimum atomic E-state index is -10.1. The number of rotatable bonds is 24. The van der Waals surface area contributed by atoms with Crippen LogP contribution in [0.3, 0.4) is 0 Å². The fourth-order valence-electron chi connectivity index (χ4n) is 4.41. The first kappa shape index (κ1) is 59.8. The molecule has 0 atom stereocenters. The summed E-state index contributed by atoms with van der Waals surface area (Å²) < 4.78 is 425. The maximum absolute atomic E-state index is 14.9. The first-order valence-corrected chi connectivity index (χ1v) is 16.6. The molecule has 0 radical (unpaired) electrons. The van der Waals surface area contributed by atoms with E-state index in [4.69, 9.17) is 5.11 Å². The number of carbonyl (C=O) groups excluding carboxylic acids is 1. The molecule has 8 nitrogen and oxygen atoms in total. The molecular formula is C25H21F29N2O6S. The van der Waals surface area contributed by atoms with E-state index in [1.54, 1.807) is 0 Å². The molecule has 0 saturated heterocycles. The summed E-state index contributed by atoms with van der Waals surface area (Å²) in [5.74, 6) is -121. The summed E-state index contributed by atoms with van der Waals surface area (Å²) in [7, 11) is -6.08. The third kappa shape index (κ3) is 8.80. The van der Waals surface area contributed by atoms with Gasteiger partial charge in [0.15, 0.2) is 0 Å². The fourth-order valence-corrected chi connectivity index (χ4v) is 5.89. The number of sulfonamides is 1. The second-order valence-electron chi connectivity index (χ2n) is 13.3. The fraction of sp³-hybridized carbons (Fsp3) is 0.920. The summed E-state index contributed by atoms with van der Waals surface area (Å²) >= 11 is 0. The summed E-state index contributed by atoms with van der Waals surface area (Å²) in [5.41, 5.74) is 0. The highest BCUT2D eigenvalue weighted by Crippen LogP contribution is 2.69. The molecule has 1 N–H and O–H groups in total. The smallest absolute Gasteiger partial charge is 0.460 e. The van der Waals surface area contributed by atoms with Crippen molar-refractivity contribution in [1.82, 2.24) is 4.31 Å². The highest BCUT2D eigenvalue weighted by Gasteiger charge is 3.01. The van der Waals surface area contributed by atoms with Crippen LogP contribution in [-0.2, 0) is 19.6 Å². The van der Waals surface area contributed by atoms with Crippen molar-refractivity contribution in [3.05, 3.63) is 0 Å². The Labute approximate surface area is 329 Å². The van der Waals surface area contributed by atoms with Crippen molar-refractivity contribution in [3.8, 4) is 0 Å². The van der Waals surface area contributed by atoms with Gasteiger partial charge >= 0.3 is 88.5 Å². The van der Waals surface area contributed by atoms with E-state index in [0.717, 1.165) is 14.1 Å². The molecule has 376 valence electrons. The van der Waals surface area contributed by atoms with Gasteiger partial charge in [-0.3, -0.25) is 4.79 Å². The van der Waals surface area contributed by atoms with E-state index in [9.17, 15) is 150 Å². The Hall–Kier alpha value is -3.22. The van der Waals surface area contributed by atoms with Crippen LogP contribution >= 0.6 is 0 Å². The van der Waals surface area contributed by atoms with Gasteiger partial charge < -0.3 is 19.5 Å². The summed E-state index contributed by atoms with van der Waals surface area (Å²) in [5, 5.41) is 11.0. The SMILES string of the molecule is C[N+](C)(CCCN(CCC(=O)O)S(=O)(=O)C(F)(F)C(F)(F)C(F)(F)C(F)(F)C(F)(F)C(F)(F)C(F)(F)C(F)(F)C(F)(F)C(F)(F)C(F)(F)C(F)(F)C(F)(F)C(F)(F)F)CCC(=O)[O-]. The third-order valence-electron chi connectivity index (χ3n) is 8.39. The average molecular weight is 1030 g/mol. The van der Waals surface area contributed by atoms with Crippen LogP contribution in [0.1, 0.15) is 19.3 Å². The third-order valence-corrected chi connectivity index (χ3v) is 10.3. The lowest BCUT2D eigenvalue weighted by Gasteiger charge is -2.46. The molecule has 0 fully saturated rings. The lowest BCUT2D eigenvalue weighted by molar-refractivity contribution is -0.890. The molecule has 0 aromatic carbocycles. The second kappa shape index (κ2) is 16.6. The number of quaternary nitrogens is 1. The Morgan fingerprint density at radius 1 is 0.460 bits per heavy atom. The monoisotopic (exact) mass is 1030 g/mol. The normalized spacial score (nSPS) is 16.2. The van der Waals surface area contributed by atoms with Crippen molar-refractivity contribution in [3.63, 3.8) is 0 Å². The van der Waals surface area contributed by atoms with Crippen molar-refractivity contribution in [2.75, 3.05) is 40.3 Å². The van der Waals surface area contributed by atoms with Gasteiger partial charge in [-0.2, -0.15) is 132 Å². The Morgan fingerprint density at radius 3 is 0.984 bits per heavy atom. The maximum Gasteiger partial charge on any atom is 0.460 e. The molecule has 0 aromatic heterocycles. The molecule has 0 aliphatic heterocycles. The van der Waals surface area contributed by atoms with E-state index in [1.807, 2.05) is 0 Å². The number of carboxylic acids is 2. The zero-order valence-electron chi connectivity index (χ0n) is 29.7. The molecule has 0 aromatic rings. The van der Waals surface area contributed by atoms with Gasteiger partial charge in [0.1, 0.15) is 0 Å². The van der Waals surface area contributed by atoms with E-state index >= 15 is 0 Å². The van der Waals surface area contributed by atoms with Crippen LogP contribution in [0.4, 0.5) is 127 Å². The van der Waals surface area contributed by atoms with Gasteiger partial charge in [-0.15, -0.1) is 0 Å². The van der Waals surface area contributed by atoms with Gasteiger partial charge in [0.05, 0.1) is 33.6 Å². The molecule has 0 amide bonds. The van der Waals surface area contributed by atoms with Gasteiger partial charge in [-0.25, -0.2) is 8.42 Å². The first-order valence-electron chi connectivity index (χ1n) is 15.2. The minimum Gasteiger partial charge on any atom is -0.550 e. The highest BCUT2D eigenvalue weighted by molar-refractivity contribution is 7.90. The molecule has 38 heteroatoms. The van der Waals surface area contributed by atoms with Crippen molar-refractivity contribution >= 4 is 22.0 Å². The number of hydrogen-bond donors (Lipinski definition) is 1. The number of carbonyl (C=O) groups is 2. The lowest BCUT2D eigenvalue weighted by Crippen LogP contribution is -2.79. The largest absolute Gasteiger partial charge is 0.550 e. The summed E-state index contributed by atoms with van der Waals surface area (Å²) in [6, 6.07) is 0. The van der Waals surface area contributed by atoms with Crippen molar-refractivity contribution < 1.29 is 160 Å². The Morgan fingerprint density at radius 2 is 0.730 bits per heavy atom. The molecule has 0 rings (SSSR count). The number of halogens is 29. The van der Waals surface area contributed by atoms with Crippen LogP contribution in [0, 0.1) is 0 Å². The number of alkyl halides is 29. The van der Waals surface area contributed by atoms with E-state index < -0.39 is 159 Å². The Balaban J connectivity index is 7.61. The zero-order chi connectivity index (χ0) is 51.7. The van der Waals surface area contributed by atoms with Crippen LogP contribution in [0.2, 0.25) is 0 Å². The molecule has 63 heavy (non-hydrogen) atoms. The number of hydrogen-bond acceptors (Lipinski definition) is 5. The quantitative estimate of drug-likeness (QED) is 0.0793. The van der Waals surface area contributed by atoms with Gasteiger partial charge in [0, 0.05) is 31.9 Å². The van der Waals surface area contributed by atoms with Crippen molar-refractivity contribution in [2.45, 2.75) is 102 Å². The van der Waals surface area contributed by atoms with E-state index in [2.05, 4.69) is 0 Å². The van der Waals surface area contributed by atoms with Gasteiger partial charge in [-0.05, 0) is 0 Å². The van der Waals surface area contributed by atoms with Crippen LogP contribution in [0.25, 0.3) is 0 Å². The van der Waals surface area contributed by atoms with Crippen LogP contribution in [-0.4, -0.2) is 157 Å². The molecule has 0 bridgehead atoms.